The number of anilines is 2. The van der Waals surface area contributed by atoms with Crippen LogP contribution < -0.4 is 20.7 Å². The van der Waals surface area contributed by atoms with E-state index in [0.29, 0.717) is 18.9 Å². The van der Waals surface area contributed by atoms with E-state index in [1.807, 2.05) is 18.2 Å². The highest BCUT2D eigenvalue weighted by Gasteiger charge is 2.20. The van der Waals surface area contributed by atoms with E-state index in [4.69, 9.17) is 10.5 Å². The van der Waals surface area contributed by atoms with Crippen molar-refractivity contribution in [2.24, 2.45) is 0 Å². The van der Waals surface area contributed by atoms with Gasteiger partial charge in [-0.2, -0.15) is 0 Å². The van der Waals surface area contributed by atoms with Gasteiger partial charge in [-0.05, 0) is 42.7 Å². The number of nitrogens with two attached hydrogens (primary N) is 1. The summed E-state index contributed by atoms with van der Waals surface area (Å²) in [7, 11) is 0. The van der Waals surface area contributed by atoms with Crippen LogP contribution in [0.2, 0.25) is 0 Å². The molecule has 0 radical (unpaired) electrons. The van der Waals surface area contributed by atoms with E-state index in [2.05, 4.69) is 10.2 Å². The lowest BCUT2D eigenvalue weighted by molar-refractivity contribution is -0.119. The highest BCUT2D eigenvalue weighted by atomic mass is 19.1. The first kappa shape index (κ1) is 17.1. The number of fused-ring (bicyclic) bond motifs is 1. The molecule has 132 valence electrons. The number of nitrogens with zero attached hydrogens (tertiary/aromatic N) is 1. The SMILES string of the molecule is Nc1cccc2c1CCCN2CC(=O)NCCOc1cccc(F)c1. The first-order valence-electron chi connectivity index (χ1n) is 8.41. The van der Waals surface area contributed by atoms with Gasteiger partial charge in [0.1, 0.15) is 18.2 Å². The van der Waals surface area contributed by atoms with Gasteiger partial charge in [0.05, 0.1) is 13.1 Å². The van der Waals surface area contributed by atoms with Crippen molar-refractivity contribution in [3.05, 3.63) is 53.8 Å². The third kappa shape index (κ3) is 4.41. The van der Waals surface area contributed by atoms with Crippen LogP contribution in [0.4, 0.5) is 15.8 Å². The molecular formula is C19H22FN3O2. The Labute approximate surface area is 146 Å². The number of carbonyl (C=O) groups excluding carboxylic acids is 1. The number of carbonyl (C=O) groups is 1. The fourth-order valence-electron chi connectivity index (χ4n) is 3.04. The molecule has 1 amide bonds. The lowest BCUT2D eigenvalue weighted by Crippen LogP contribution is -2.41. The minimum atomic E-state index is -0.343. The number of nitrogen functional groups attached to an aromatic ring is 1. The summed E-state index contributed by atoms with van der Waals surface area (Å²) in [4.78, 5) is 14.2. The van der Waals surface area contributed by atoms with Gasteiger partial charge >= 0.3 is 0 Å². The van der Waals surface area contributed by atoms with E-state index >= 15 is 0 Å². The molecule has 1 heterocycles. The number of hydrogen-bond donors (Lipinski definition) is 2. The van der Waals surface area contributed by atoms with Crippen molar-refractivity contribution in [2.75, 3.05) is 36.9 Å². The molecule has 0 aliphatic carbocycles. The summed E-state index contributed by atoms with van der Waals surface area (Å²) in [5.74, 6) is 0.0392. The zero-order valence-corrected chi connectivity index (χ0v) is 14.0. The Hall–Kier alpha value is -2.76. The van der Waals surface area contributed by atoms with Gasteiger partial charge in [-0.3, -0.25) is 4.79 Å². The first-order chi connectivity index (χ1) is 12.1. The monoisotopic (exact) mass is 343 g/mol. The van der Waals surface area contributed by atoms with E-state index in [-0.39, 0.29) is 18.3 Å². The molecule has 2 aromatic carbocycles. The minimum absolute atomic E-state index is 0.0712. The van der Waals surface area contributed by atoms with E-state index in [0.717, 1.165) is 36.3 Å². The van der Waals surface area contributed by atoms with E-state index in [1.54, 1.807) is 12.1 Å². The van der Waals surface area contributed by atoms with Crippen LogP contribution in [0.1, 0.15) is 12.0 Å². The topological polar surface area (TPSA) is 67.6 Å². The highest BCUT2D eigenvalue weighted by molar-refractivity contribution is 5.82. The predicted octanol–water partition coefficient (Wildman–Crippen LogP) is 2.36. The smallest absolute Gasteiger partial charge is 0.239 e. The maximum Gasteiger partial charge on any atom is 0.239 e. The molecule has 25 heavy (non-hydrogen) atoms. The molecule has 0 bridgehead atoms. The lowest BCUT2D eigenvalue weighted by Gasteiger charge is -2.31. The summed E-state index contributed by atoms with van der Waals surface area (Å²) in [6, 6.07) is 11.8. The number of amides is 1. The number of benzene rings is 2. The number of hydrogen-bond acceptors (Lipinski definition) is 4. The van der Waals surface area contributed by atoms with E-state index < -0.39 is 0 Å². The van der Waals surface area contributed by atoms with E-state index in [9.17, 15) is 9.18 Å². The van der Waals surface area contributed by atoms with Gasteiger partial charge < -0.3 is 20.7 Å². The van der Waals surface area contributed by atoms with Crippen molar-refractivity contribution in [2.45, 2.75) is 12.8 Å². The second kappa shape index (κ2) is 7.88. The van der Waals surface area contributed by atoms with E-state index in [1.165, 1.54) is 12.1 Å². The van der Waals surface area contributed by atoms with Gasteiger partial charge in [-0.15, -0.1) is 0 Å². The molecule has 3 N–H and O–H groups in total. The number of halogens is 1. The van der Waals surface area contributed by atoms with Crippen molar-refractivity contribution in [1.82, 2.24) is 5.32 Å². The van der Waals surface area contributed by atoms with Crippen LogP contribution in [0, 0.1) is 5.82 Å². The van der Waals surface area contributed by atoms with Gasteiger partial charge in [0.15, 0.2) is 0 Å². The Balaban J connectivity index is 1.47. The molecule has 0 fully saturated rings. The fraction of sp³-hybridized carbons (Fsp3) is 0.316. The van der Waals surface area contributed by atoms with Crippen LogP contribution in [0.5, 0.6) is 5.75 Å². The molecule has 3 rings (SSSR count). The Kier molecular flexibility index (Phi) is 5.38. The van der Waals surface area contributed by atoms with Crippen LogP contribution >= 0.6 is 0 Å². The van der Waals surface area contributed by atoms with Crippen molar-refractivity contribution >= 4 is 17.3 Å². The first-order valence-corrected chi connectivity index (χ1v) is 8.41. The number of ether oxygens (including phenoxy) is 1. The zero-order valence-electron chi connectivity index (χ0n) is 14.0. The van der Waals surface area contributed by atoms with Crippen LogP contribution in [-0.2, 0) is 11.2 Å². The number of nitrogens with one attached hydrogen (secondary N) is 1. The number of rotatable bonds is 6. The third-order valence-electron chi connectivity index (χ3n) is 4.21. The van der Waals surface area contributed by atoms with Crippen LogP contribution in [0.25, 0.3) is 0 Å². The second-order valence-electron chi connectivity index (χ2n) is 6.03. The molecule has 0 saturated heterocycles. The normalized spacial score (nSPS) is 13.2. The second-order valence-corrected chi connectivity index (χ2v) is 6.03. The average Bonchev–Trinajstić information content (AvgIpc) is 2.60. The zero-order chi connectivity index (χ0) is 17.6. The quantitative estimate of drug-likeness (QED) is 0.624. The molecule has 0 spiro atoms. The molecule has 1 aliphatic rings. The summed E-state index contributed by atoms with van der Waals surface area (Å²) in [5, 5.41) is 2.83. The van der Waals surface area contributed by atoms with Gasteiger partial charge in [-0.1, -0.05) is 12.1 Å². The van der Waals surface area contributed by atoms with Gasteiger partial charge in [0.25, 0.3) is 0 Å². The molecule has 1 aliphatic heterocycles. The Morgan fingerprint density at radius 3 is 2.96 bits per heavy atom. The molecule has 5 nitrogen and oxygen atoms in total. The summed E-state index contributed by atoms with van der Waals surface area (Å²) < 4.78 is 18.5. The minimum Gasteiger partial charge on any atom is -0.492 e. The van der Waals surface area contributed by atoms with Crippen molar-refractivity contribution in [3.8, 4) is 5.75 Å². The Bertz CT molecular complexity index is 751. The van der Waals surface area contributed by atoms with Crippen LogP contribution in [0.3, 0.4) is 0 Å². The summed E-state index contributed by atoms with van der Waals surface area (Å²) in [5.41, 5.74) is 8.97. The molecule has 0 unspecified atom stereocenters. The van der Waals surface area contributed by atoms with Gasteiger partial charge in [0.2, 0.25) is 5.91 Å². The Morgan fingerprint density at radius 2 is 2.12 bits per heavy atom. The average molecular weight is 343 g/mol. The maximum absolute atomic E-state index is 13.1. The summed E-state index contributed by atoms with van der Waals surface area (Å²) in [6.07, 6.45) is 1.93. The fourth-order valence-corrected chi connectivity index (χ4v) is 3.04. The summed E-state index contributed by atoms with van der Waals surface area (Å²) in [6.45, 7) is 1.78. The van der Waals surface area contributed by atoms with Crippen molar-refractivity contribution in [3.63, 3.8) is 0 Å². The lowest BCUT2D eigenvalue weighted by atomic mass is 10.00. The third-order valence-corrected chi connectivity index (χ3v) is 4.21. The summed E-state index contributed by atoms with van der Waals surface area (Å²) >= 11 is 0. The molecule has 0 atom stereocenters. The van der Waals surface area contributed by atoms with Gasteiger partial charge in [0, 0.05) is 24.0 Å². The maximum atomic E-state index is 13.1. The predicted molar refractivity (Wildman–Crippen MR) is 96.3 cm³/mol. The van der Waals surface area contributed by atoms with Crippen LogP contribution in [-0.4, -0.2) is 32.1 Å². The Morgan fingerprint density at radius 1 is 1.28 bits per heavy atom. The highest BCUT2D eigenvalue weighted by Crippen LogP contribution is 2.30. The molecular weight excluding hydrogens is 321 g/mol. The molecule has 2 aromatic rings. The molecule has 0 saturated carbocycles. The van der Waals surface area contributed by atoms with Crippen LogP contribution in [0.15, 0.2) is 42.5 Å². The van der Waals surface area contributed by atoms with Crippen molar-refractivity contribution in [1.29, 1.82) is 0 Å². The largest absolute Gasteiger partial charge is 0.492 e. The van der Waals surface area contributed by atoms with Crippen molar-refractivity contribution < 1.29 is 13.9 Å². The van der Waals surface area contributed by atoms with Gasteiger partial charge in [-0.25, -0.2) is 4.39 Å². The standard InChI is InChI=1S/C19H22FN3O2/c20-14-4-1-5-15(12-14)25-11-9-22-19(24)13-23-10-3-6-16-17(21)7-2-8-18(16)23/h1-2,4-5,7-8,12H,3,6,9-11,13,21H2,(H,22,24). The molecule has 6 heteroatoms. The molecule has 0 aromatic heterocycles.